The molecule has 0 saturated carbocycles. The maximum absolute atomic E-state index is 5.52. The molecule has 2 aromatic heterocycles. The molecule has 0 bridgehead atoms. The van der Waals surface area contributed by atoms with Crippen LogP contribution in [0.15, 0.2) is 51.8 Å². The molecular formula is C13H11N3S2. The third kappa shape index (κ3) is 2.38. The number of hydrogen-bond acceptors (Lipinski definition) is 5. The molecule has 0 unspecified atom stereocenters. The third-order valence-electron chi connectivity index (χ3n) is 2.49. The van der Waals surface area contributed by atoms with E-state index < -0.39 is 0 Å². The minimum atomic E-state index is 0.478. The van der Waals surface area contributed by atoms with Crippen molar-refractivity contribution in [3.8, 4) is 0 Å². The number of aromatic nitrogens is 2. The fourth-order valence-corrected chi connectivity index (χ4v) is 3.60. The van der Waals surface area contributed by atoms with Gasteiger partial charge in [-0.3, -0.25) is 4.98 Å². The lowest BCUT2D eigenvalue weighted by molar-refractivity contribution is 0.977. The fourth-order valence-electron chi connectivity index (χ4n) is 1.59. The molecule has 0 saturated heterocycles. The Bertz CT molecular complexity index is 628. The first kappa shape index (κ1) is 11.6. The van der Waals surface area contributed by atoms with Gasteiger partial charge >= 0.3 is 0 Å². The summed E-state index contributed by atoms with van der Waals surface area (Å²) in [7, 11) is 0. The molecule has 0 aliphatic carbocycles. The molecule has 0 fully saturated rings. The first-order valence-electron chi connectivity index (χ1n) is 5.53. The van der Waals surface area contributed by atoms with Crippen LogP contribution in [-0.4, -0.2) is 9.97 Å². The van der Waals surface area contributed by atoms with Crippen LogP contribution in [0.2, 0.25) is 0 Å². The first-order valence-corrected chi connectivity index (χ1v) is 7.17. The van der Waals surface area contributed by atoms with Crippen LogP contribution in [0.4, 0.5) is 0 Å². The summed E-state index contributed by atoms with van der Waals surface area (Å²) in [6.45, 7) is 0.478. The molecule has 0 aliphatic heterocycles. The lowest BCUT2D eigenvalue weighted by Crippen LogP contribution is -1.98. The molecule has 18 heavy (non-hydrogen) atoms. The highest BCUT2D eigenvalue weighted by molar-refractivity contribution is 8.01. The molecule has 1 aromatic carbocycles. The Morgan fingerprint density at radius 2 is 2.06 bits per heavy atom. The normalized spacial score (nSPS) is 10.9. The van der Waals surface area contributed by atoms with Crippen LogP contribution >= 0.6 is 23.1 Å². The highest BCUT2D eigenvalue weighted by Gasteiger charge is 2.05. The number of fused-ring (bicyclic) bond motifs is 1. The number of para-hydroxylation sites is 1. The number of rotatable bonds is 3. The zero-order valence-corrected chi connectivity index (χ0v) is 11.2. The van der Waals surface area contributed by atoms with Gasteiger partial charge in [-0.25, -0.2) is 4.98 Å². The third-order valence-corrected chi connectivity index (χ3v) is 4.56. The summed E-state index contributed by atoms with van der Waals surface area (Å²) in [5.41, 5.74) is 7.48. The van der Waals surface area contributed by atoms with E-state index in [-0.39, 0.29) is 0 Å². The van der Waals surface area contributed by atoms with Gasteiger partial charge in [0.1, 0.15) is 0 Å². The number of nitrogens with two attached hydrogens (primary N) is 1. The minimum absolute atomic E-state index is 0.478. The van der Waals surface area contributed by atoms with Gasteiger partial charge in [-0.05, 0) is 24.3 Å². The Morgan fingerprint density at radius 3 is 2.78 bits per heavy atom. The van der Waals surface area contributed by atoms with Crippen LogP contribution in [0.1, 0.15) is 5.69 Å². The number of thiazole rings is 1. The van der Waals surface area contributed by atoms with E-state index in [2.05, 4.69) is 16.0 Å². The molecule has 0 radical (unpaired) electrons. The molecule has 0 amide bonds. The van der Waals surface area contributed by atoms with E-state index in [0.717, 1.165) is 20.4 Å². The van der Waals surface area contributed by atoms with Crippen LogP contribution in [0.3, 0.4) is 0 Å². The lowest BCUT2D eigenvalue weighted by Gasteiger charge is -1.98. The molecule has 0 spiro atoms. The van der Waals surface area contributed by atoms with Crippen molar-refractivity contribution in [3.05, 3.63) is 48.3 Å². The average Bonchev–Trinajstić information content (AvgIpc) is 2.82. The second-order valence-corrected chi connectivity index (χ2v) is 6.09. The predicted molar refractivity (Wildman–Crippen MR) is 75.9 cm³/mol. The second-order valence-electron chi connectivity index (χ2n) is 3.74. The van der Waals surface area contributed by atoms with Crippen LogP contribution in [0.25, 0.3) is 10.2 Å². The van der Waals surface area contributed by atoms with Gasteiger partial charge in [-0.15, -0.1) is 11.3 Å². The molecule has 3 aromatic rings. The molecule has 3 rings (SSSR count). The monoisotopic (exact) mass is 273 g/mol. The van der Waals surface area contributed by atoms with Crippen molar-refractivity contribution in [3.63, 3.8) is 0 Å². The largest absolute Gasteiger partial charge is 0.325 e. The molecule has 2 N–H and O–H groups in total. The average molecular weight is 273 g/mol. The second kappa shape index (κ2) is 5.06. The van der Waals surface area contributed by atoms with Gasteiger partial charge in [-0.2, -0.15) is 0 Å². The van der Waals surface area contributed by atoms with E-state index in [4.69, 9.17) is 5.73 Å². The quantitative estimate of drug-likeness (QED) is 0.795. The van der Waals surface area contributed by atoms with Gasteiger partial charge in [0.2, 0.25) is 0 Å². The van der Waals surface area contributed by atoms with Gasteiger partial charge < -0.3 is 5.73 Å². The van der Waals surface area contributed by atoms with Crippen molar-refractivity contribution in [2.75, 3.05) is 0 Å². The maximum atomic E-state index is 5.52. The number of benzene rings is 1. The van der Waals surface area contributed by atoms with E-state index >= 15 is 0 Å². The van der Waals surface area contributed by atoms with Crippen molar-refractivity contribution >= 4 is 33.3 Å². The van der Waals surface area contributed by atoms with Crippen molar-refractivity contribution in [2.45, 2.75) is 15.8 Å². The van der Waals surface area contributed by atoms with E-state index in [1.807, 2.05) is 36.5 Å². The molecule has 0 aliphatic rings. The van der Waals surface area contributed by atoms with Crippen molar-refractivity contribution in [2.24, 2.45) is 5.73 Å². The highest BCUT2D eigenvalue weighted by Crippen LogP contribution is 2.33. The molecule has 0 atom stereocenters. The Balaban J connectivity index is 1.86. The van der Waals surface area contributed by atoms with Gasteiger partial charge in [0, 0.05) is 17.6 Å². The number of pyridine rings is 1. The minimum Gasteiger partial charge on any atom is -0.325 e. The predicted octanol–water partition coefficient (Wildman–Crippen LogP) is 3.30. The summed E-state index contributed by atoms with van der Waals surface area (Å²) in [5.74, 6) is 0. The van der Waals surface area contributed by atoms with Crippen LogP contribution in [0, 0.1) is 0 Å². The van der Waals surface area contributed by atoms with Crippen molar-refractivity contribution < 1.29 is 0 Å². The fraction of sp³-hybridized carbons (Fsp3) is 0.0769. The van der Waals surface area contributed by atoms with E-state index in [9.17, 15) is 0 Å². The Kier molecular flexibility index (Phi) is 3.27. The summed E-state index contributed by atoms with van der Waals surface area (Å²) in [4.78, 5) is 9.95. The summed E-state index contributed by atoms with van der Waals surface area (Å²) < 4.78 is 2.25. The maximum Gasteiger partial charge on any atom is 0.155 e. The Hall–Kier alpha value is -1.43. The molecule has 3 nitrogen and oxygen atoms in total. The summed E-state index contributed by atoms with van der Waals surface area (Å²) >= 11 is 3.34. The van der Waals surface area contributed by atoms with Crippen LogP contribution < -0.4 is 5.73 Å². The molecule has 90 valence electrons. The zero-order chi connectivity index (χ0) is 12.4. The lowest BCUT2D eigenvalue weighted by atomic mass is 10.3. The Labute approximate surface area is 113 Å². The van der Waals surface area contributed by atoms with Gasteiger partial charge in [-0.1, -0.05) is 23.9 Å². The van der Waals surface area contributed by atoms with Crippen molar-refractivity contribution in [1.82, 2.24) is 9.97 Å². The van der Waals surface area contributed by atoms with Gasteiger partial charge in [0.25, 0.3) is 0 Å². The summed E-state index contributed by atoms with van der Waals surface area (Å²) in [6, 6.07) is 12.2. The molecular weight excluding hydrogens is 262 g/mol. The highest BCUT2D eigenvalue weighted by atomic mass is 32.2. The number of hydrogen-bond donors (Lipinski definition) is 1. The molecule has 5 heteroatoms. The SMILES string of the molecule is NCc1ccc(Sc2nc3ccccc3s2)cn1. The summed E-state index contributed by atoms with van der Waals surface area (Å²) in [6.07, 6.45) is 1.85. The van der Waals surface area contributed by atoms with Crippen molar-refractivity contribution in [1.29, 1.82) is 0 Å². The zero-order valence-electron chi connectivity index (χ0n) is 9.54. The topological polar surface area (TPSA) is 51.8 Å². The summed E-state index contributed by atoms with van der Waals surface area (Å²) in [5, 5.41) is 0. The Morgan fingerprint density at radius 1 is 1.17 bits per heavy atom. The van der Waals surface area contributed by atoms with Crippen LogP contribution in [-0.2, 0) is 6.54 Å². The molecule has 2 heterocycles. The van der Waals surface area contributed by atoms with E-state index in [0.29, 0.717) is 6.54 Å². The smallest absolute Gasteiger partial charge is 0.155 e. The van der Waals surface area contributed by atoms with E-state index in [1.54, 1.807) is 23.1 Å². The first-order chi connectivity index (χ1) is 8.85. The van der Waals surface area contributed by atoms with Crippen LogP contribution in [0.5, 0.6) is 0 Å². The number of nitrogens with zero attached hydrogens (tertiary/aromatic N) is 2. The van der Waals surface area contributed by atoms with Gasteiger partial charge in [0.15, 0.2) is 4.34 Å². The van der Waals surface area contributed by atoms with E-state index in [1.165, 1.54) is 4.70 Å². The standard InChI is InChI=1S/C13H11N3S2/c14-7-9-5-6-10(8-15-9)17-13-16-11-3-1-2-4-12(11)18-13/h1-6,8H,7,14H2. The van der Waals surface area contributed by atoms with Gasteiger partial charge in [0.05, 0.1) is 15.9 Å².